The summed E-state index contributed by atoms with van der Waals surface area (Å²) in [4.78, 5) is 14.5. The predicted octanol–water partition coefficient (Wildman–Crippen LogP) is 0.729. The lowest BCUT2D eigenvalue weighted by Crippen LogP contribution is -2.65. The highest BCUT2D eigenvalue weighted by Gasteiger charge is 2.51. The minimum Gasteiger partial charge on any atom is -0.376 e. The van der Waals surface area contributed by atoms with Gasteiger partial charge in [-0.2, -0.15) is 0 Å². The quantitative estimate of drug-likeness (QED) is 0.723. The molecule has 0 spiro atoms. The molecular formula is C15H29N3O2. The van der Waals surface area contributed by atoms with Crippen molar-refractivity contribution in [2.45, 2.75) is 57.7 Å². The molecule has 1 heterocycles. The van der Waals surface area contributed by atoms with E-state index in [9.17, 15) is 4.79 Å². The number of nitrogens with one attached hydrogen (secondary N) is 1. The van der Waals surface area contributed by atoms with E-state index in [4.69, 9.17) is 10.5 Å². The van der Waals surface area contributed by atoms with Crippen LogP contribution in [0.4, 0.5) is 0 Å². The molecule has 3 N–H and O–H groups in total. The number of morpholine rings is 1. The molecule has 3 atom stereocenters. The van der Waals surface area contributed by atoms with Gasteiger partial charge in [0.25, 0.3) is 0 Å². The maximum Gasteiger partial charge on any atom is 0.239 e. The van der Waals surface area contributed by atoms with Gasteiger partial charge in [0.15, 0.2) is 0 Å². The summed E-state index contributed by atoms with van der Waals surface area (Å²) in [7, 11) is 0. The van der Waals surface area contributed by atoms with Crippen LogP contribution in [0.5, 0.6) is 0 Å². The number of amides is 1. The van der Waals surface area contributed by atoms with E-state index in [1.165, 1.54) is 0 Å². The summed E-state index contributed by atoms with van der Waals surface area (Å²) in [6.45, 7) is 9.51. The van der Waals surface area contributed by atoms with Crippen molar-refractivity contribution in [3.63, 3.8) is 0 Å². The van der Waals surface area contributed by atoms with Crippen molar-refractivity contribution in [1.29, 1.82) is 0 Å². The van der Waals surface area contributed by atoms with E-state index in [1.807, 2.05) is 0 Å². The van der Waals surface area contributed by atoms with Crippen LogP contribution in [0.1, 0.15) is 40.0 Å². The maximum absolute atomic E-state index is 12.2. The molecule has 2 rings (SSSR count). The zero-order valence-electron chi connectivity index (χ0n) is 13.0. The Morgan fingerprint density at radius 3 is 2.70 bits per heavy atom. The third-order valence-corrected chi connectivity index (χ3v) is 4.59. The molecule has 1 aliphatic carbocycles. The Hall–Kier alpha value is -0.650. The van der Waals surface area contributed by atoms with E-state index in [0.29, 0.717) is 18.5 Å². The number of hydrogen-bond donors (Lipinski definition) is 2. The first-order valence-electron chi connectivity index (χ1n) is 7.90. The Bertz CT molecular complexity index is 346. The summed E-state index contributed by atoms with van der Waals surface area (Å²) in [6, 6.07) is 0.340. The molecule has 5 heteroatoms. The van der Waals surface area contributed by atoms with Crippen molar-refractivity contribution in [2.75, 3.05) is 26.2 Å². The SMILES string of the molecule is CCCNC(CN1CC(C)OCC1C)(C(N)=O)C1CC1. The Kier molecular flexibility index (Phi) is 5.04. The van der Waals surface area contributed by atoms with Crippen LogP contribution in [-0.2, 0) is 9.53 Å². The van der Waals surface area contributed by atoms with Gasteiger partial charge in [0.1, 0.15) is 5.54 Å². The first-order chi connectivity index (χ1) is 9.49. The number of nitrogens with two attached hydrogens (primary N) is 1. The first kappa shape index (κ1) is 15.7. The number of carbonyl (C=O) groups excluding carboxylic acids is 1. The van der Waals surface area contributed by atoms with Gasteiger partial charge in [-0.05, 0) is 45.6 Å². The minimum absolute atomic E-state index is 0.195. The molecule has 2 aliphatic rings. The number of rotatable bonds is 7. The fourth-order valence-corrected chi connectivity index (χ4v) is 3.13. The average molecular weight is 283 g/mol. The van der Waals surface area contributed by atoms with Crippen LogP contribution in [0.25, 0.3) is 0 Å². The van der Waals surface area contributed by atoms with Crippen LogP contribution in [0, 0.1) is 5.92 Å². The second-order valence-electron chi connectivity index (χ2n) is 6.46. The van der Waals surface area contributed by atoms with Gasteiger partial charge in [-0.25, -0.2) is 0 Å². The molecule has 20 heavy (non-hydrogen) atoms. The number of carbonyl (C=O) groups is 1. The first-order valence-corrected chi connectivity index (χ1v) is 7.90. The van der Waals surface area contributed by atoms with Gasteiger partial charge in [-0.3, -0.25) is 9.69 Å². The molecule has 0 aromatic rings. The van der Waals surface area contributed by atoms with Crippen molar-refractivity contribution in [3.8, 4) is 0 Å². The van der Waals surface area contributed by atoms with Crippen LogP contribution in [0.2, 0.25) is 0 Å². The molecular weight excluding hydrogens is 254 g/mol. The van der Waals surface area contributed by atoms with E-state index in [2.05, 4.69) is 31.0 Å². The van der Waals surface area contributed by atoms with Crippen molar-refractivity contribution >= 4 is 5.91 Å². The third-order valence-electron chi connectivity index (χ3n) is 4.59. The molecule has 1 saturated carbocycles. The van der Waals surface area contributed by atoms with Gasteiger partial charge >= 0.3 is 0 Å². The van der Waals surface area contributed by atoms with Crippen LogP contribution >= 0.6 is 0 Å². The summed E-state index contributed by atoms with van der Waals surface area (Å²) in [5.41, 5.74) is 5.24. The number of ether oxygens (including phenoxy) is 1. The number of primary amides is 1. The van der Waals surface area contributed by atoms with E-state index in [0.717, 1.165) is 39.0 Å². The molecule has 5 nitrogen and oxygen atoms in total. The Morgan fingerprint density at radius 1 is 1.45 bits per heavy atom. The van der Waals surface area contributed by atoms with Crippen LogP contribution < -0.4 is 11.1 Å². The summed E-state index contributed by atoms with van der Waals surface area (Å²) < 4.78 is 5.67. The summed E-state index contributed by atoms with van der Waals surface area (Å²) >= 11 is 0. The van der Waals surface area contributed by atoms with Crippen LogP contribution in [-0.4, -0.2) is 54.7 Å². The molecule has 2 fully saturated rings. The number of nitrogens with zero attached hydrogens (tertiary/aromatic N) is 1. The van der Waals surface area contributed by atoms with Gasteiger partial charge in [-0.15, -0.1) is 0 Å². The van der Waals surface area contributed by atoms with Crippen molar-refractivity contribution in [1.82, 2.24) is 10.2 Å². The van der Waals surface area contributed by atoms with Gasteiger partial charge in [-0.1, -0.05) is 6.92 Å². The summed E-state index contributed by atoms with van der Waals surface area (Å²) in [5, 5.41) is 3.47. The lowest BCUT2D eigenvalue weighted by Gasteiger charge is -2.43. The Morgan fingerprint density at radius 2 is 2.15 bits per heavy atom. The molecule has 116 valence electrons. The molecule has 0 aromatic heterocycles. The highest BCUT2D eigenvalue weighted by Crippen LogP contribution is 2.40. The zero-order chi connectivity index (χ0) is 14.8. The topological polar surface area (TPSA) is 67.6 Å². The van der Waals surface area contributed by atoms with E-state index in [1.54, 1.807) is 0 Å². The second-order valence-corrected chi connectivity index (χ2v) is 6.46. The zero-order valence-corrected chi connectivity index (χ0v) is 13.0. The van der Waals surface area contributed by atoms with Gasteiger partial charge in [0.05, 0.1) is 12.7 Å². The molecule has 3 unspecified atom stereocenters. The molecule has 0 radical (unpaired) electrons. The lowest BCUT2D eigenvalue weighted by molar-refractivity contribution is -0.128. The predicted molar refractivity (Wildman–Crippen MR) is 79.4 cm³/mol. The van der Waals surface area contributed by atoms with Gasteiger partial charge in [0.2, 0.25) is 5.91 Å². The van der Waals surface area contributed by atoms with Crippen molar-refractivity contribution in [2.24, 2.45) is 11.7 Å². The smallest absolute Gasteiger partial charge is 0.239 e. The fraction of sp³-hybridized carbons (Fsp3) is 0.933. The Balaban J connectivity index is 2.11. The standard InChI is InChI=1S/C15H29N3O2/c1-4-7-17-15(14(16)19,13-5-6-13)10-18-8-12(3)20-9-11(18)2/h11-13,17H,4-10H2,1-3H3,(H2,16,19). The molecule has 1 saturated heterocycles. The average Bonchev–Trinajstić information content (AvgIpc) is 3.23. The van der Waals surface area contributed by atoms with Gasteiger partial charge in [0, 0.05) is 19.1 Å². The summed E-state index contributed by atoms with van der Waals surface area (Å²) in [5.74, 6) is 0.205. The Labute approximate surface area is 122 Å². The summed E-state index contributed by atoms with van der Waals surface area (Å²) in [6.07, 6.45) is 3.45. The highest BCUT2D eigenvalue weighted by molar-refractivity contribution is 5.86. The molecule has 1 aliphatic heterocycles. The van der Waals surface area contributed by atoms with E-state index in [-0.39, 0.29) is 12.0 Å². The monoisotopic (exact) mass is 283 g/mol. The molecule has 1 amide bonds. The van der Waals surface area contributed by atoms with Crippen molar-refractivity contribution < 1.29 is 9.53 Å². The van der Waals surface area contributed by atoms with E-state index < -0.39 is 5.54 Å². The number of hydrogen-bond acceptors (Lipinski definition) is 4. The molecule has 0 bridgehead atoms. The van der Waals surface area contributed by atoms with Crippen LogP contribution in [0.15, 0.2) is 0 Å². The largest absolute Gasteiger partial charge is 0.376 e. The van der Waals surface area contributed by atoms with Crippen LogP contribution in [0.3, 0.4) is 0 Å². The maximum atomic E-state index is 12.2. The van der Waals surface area contributed by atoms with E-state index >= 15 is 0 Å². The van der Waals surface area contributed by atoms with Crippen molar-refractivity contribution in [3.05, 3.63) is 0 Å². The molecule has 0 aromatic carbocycles. The van der Waals surface area contributed by atoms with Gasteiger partial charge < -0.3 is 15.8 Å². The minimum atomic E-state index is -0.554. The lowest BCUT2D eigenvalue weighted by atomic mass is 9.90. The fourth-order valence-electron chi connectivity index (χ4n) is 3.13. The normalized spacial score (nSPS) is 30.9. The third kappa shape index (κ3) is 3.32. The highest BCUT2D eigenvalue weighted by atomic mass is 16.5. The second kappa shape index (κ2) is 6.41.